The maximum Gasteiger partial charge on any atom is 0.417 e. The molecule has 0 aliphatic rings. The fourth-order valence-corrected chi connectivity index (χ4v) is 2.84. The Balaban J connectivity index is 2.05. The lowest BCUT2D eigenvalue weighted by molar-refractivity contribution is -0.138. The number of alkyl halides is 3. The zero-order valence-electron chi connectivity index (χ0n) is 14.8. The minimum Gasteiger partial charge on any atom is -0.316 e. The van der Waals surface area contributed by atoms with Gasteiger partial charge in [0.15, 0.2) is 0 Å². The van der Waals surface area contributed by atoms with Gasteiger partial charge < -0.3 is 5.32 Å². The number of carbonyl (C=O) groups is 1. The fourth-order valence-electron chi connectivity index (χ4n) is 2.84. The van der Waals surface area contributed by atoms with Crippen LogP contribution >= 0.6 is 0 Å². The number of carbonyl (C=O) groups excluding carboxylic acids is 1. The Labute approximate surface area is 156 Å². The van der Waals surface area contributed by atoms with Crippen LogP contribution in [0.25, 0.3) is 5.69 Å². The maximum atomic E-state index is 13.3. The van der Waals surface area contributed by atoms with E-state index in [-0.39, 0.29) is 11.8 Å². The summed E-state index contributed by atoms with van der Waals surface area (Å²) < 4.78 is 55.5. The first-order valence-electron chi connectivity index (χ1n) is 8.13. The second kappa shape index (κ2) is 6.99. The van der Waals surface area contributed by atoms with Gasteiger partial charge >= 0.3 is 6.18 Å². The average molecular weight is 393 g/mol. The van der Waals surface area contributed by atoms with Crippen LogP contribution in [0.3, 0.4) is 0 Å². The standard InChI is InChI=1S/C19H15F4N3O2/c1-11-16(18(28)26(25(11)2)13-6-4-3-5-7-13)24-17(27)14-9-8-12(20)10-15(14)19(21,22)23/h3-10H,1-2H3,(H,24,27). The molecule has 2 aromatic carbocycles. The summed E-state index contributed by atoms with van der Waals surface area (Å²) in [6, 6.07) is 10.3. The lowest BCUT2D eigenvalue weighted by atomic mass is 10.1. The van der Waals surface area contributed by atoms with Crippen molar-refractivity contribution < 1.29 is 22.4 Å². The number of halogens is 4. The number of hydrogen-bond donors (Lipinski definition) is 1. The summed E-state index contributed by atoms with van der Waals surface area (Å²) in [6.45, 7) is 1.55. The molecule has 0 unspecified atom stereocenters. The third-order valence-corrected chi connectivity index (χ3v) is 4.32. The second-order valence-electron chi connectivity index (χ2n) is 6.08. The zero-order chi connectivity index (χ0) is 20.6. The first-order valence-corrected chi connectivity index (χ1v) is 8.13. The Morgan fingerprint density at radius 3 is 2.32 bits per heavy atom. The van der Waals surface area contributed by atoms with Crippen molar-refractivity contribution in [1.29, 1.82) is 0 Å². The fraction of sp³-hybridized carbons (Fsp3) is 0.158. The summed E-state index contributed by atoms with van der Waals surface area (Å²) in [7, 11) is 1.58. The van der Waals surface area contributed by atoms with Gasteiger partial charge in [0.05, 0.1) is 22.5 Å². The molecular formula is C19H15F4N3O2. The van der Waals surface area contributed by atoms with Crippen LogP contribution in [-0.4, -0.2) is 15.3 Å². The predicted molar refractivity (Wildman–Crippen MR) is 95.1 cm³/mol. The van der Waals surface area contributed by atoms with E-state index in [0.717, 1.165) is 12.1 Å². The Bertz CT molecular complexity index is 1100. The SMILES string of the molecule is Cc1c(NC(=O)c2ccc(F)cc2C(F)(F)F)c(=O)n(-c2ccccc2)n1C. The van der Waals surface area contributed by atoms with E-state index in [2.05, 4.69) is 5.32 Å². The highest BCUT2D eigenvalue weighted by Crippen LogP contribution is 2.33. The first-order chi connectivity index (χ1) is 13.1. The van der Waals surface area contributed by atoms with Crippen molar-refractivity contribution in [2.75, 3.05) is 5.32 Å². The molecule has 3 rings (SSSR count). The van der Waals surface area contributed by atoms with Gasteiger partial charge in [0.25, 0.3) is 11.5 Å². The Kier molecular flexibility index (Phi) is 4.84. The molecule has 0 fully saturated rings. The highest BCUT2D eigenvalue weighted by atomic mass is 19.4. The van der Waals surface area contributed by atoms with Crippen molar-refractivity contribution in [2.45, 2.75) is 13.1 Å². The summed E-state index contributed by atoms with van der Waals surface area (Å²) in [4.78, 5) is 25.2. The van der Waals surface area contributed by atoms with Crippen molar-refractivity contribution >= 4 is 11.6 Å². The molecule has 1 heterocycles. The summed E-state index contributed by atoms with van der Waals surface area (Å²) in [5, 5.41) is 2.24. The molecule has 0 atom stereocenters. The summed E-state index contributed by atoms with van der Waals surface area (Å²) >= 11 is 0. The molecule has 0 saturated heterocycles. The minimum atomic E-state index is -4.93. The minimum absolute atomic E-state index is 0.159. The molecule has 146 valence electrons. The third kappa shape index (κ3) is 3.42. The zero-order valence-corrected chi connectivity index (χ0v) is 14.8. The van der Waals surface area contributed by atoms with E-state index in [0.29, 0.717) is 11.4 Å². The van der Waals surface area contributed by atoms with Gasteiger partial charge in [0.2, 0.25) is 0 Å². The topological polar surface area (TPSA) is 56.0 Å². The summed E-state index contributed by atoms with van der Waals surface area (Å²) in [6.07, 6.45) is -4.93. The molecule has 0 aliphatic heterocycles. The van der Waals surface area contributed by atoms with Crippen LogP contribution in [0.2, 0.25) is 0 Å². The normalized spacial score (nSPS) is 11.5. The van der Waals surface area contributed by atoms with Crippen LogP contribution in [0.15, 0.2) is 53.3 Å². The highest BCUT2D eigenvalue weighted by molar-refractivity contribution is 6.05. The number of anilines is 1. The van der Waals surface area contributed by atoms with E-state index < -0.39 is 34.6 Å². The van der Waals surface area contributed by atoms with E-state index in [4.69, 9.17) is 0 Å². The number of amides is 1. The van der Waals surface area contributed by atoms with Gasteiger partial charge in [-0.2, -0.15) is 13.2 Å². The monoisotopic (exact) mass is 393 g/mol. The summed E-state index contributed by atoms with van der Waals surface area (Å²) in [5.74, 6) is -2.27. The number of aromatic nitrogens is 2. The smallest absolute Gasteiger partial charge is 0.316 e. The molecule has 5 nitrogen and oxygen atoms in total. The average Bonchev–Trinajstić information content (AvgIpc) is 2.85. The Morgan fingerprint density at radius 1 is 1.07 bits per heavy atom. The van der Waals surface area contributed by atoms with E-state index in [1.807, 2.05) is 0 Å². The molecule has 0 spiro atoms. The van der Waals surface area contributed by atoms with Gasteiger partial charge in [-0.3, -0.25) is 14.3 Å². The number of nitrogens with one attached hydrogen (secondary N) is 1. The van der Waals surface area contributed by atoms with Crippen LogP contribution in [0.5, 0.6) is 0 Å². The van der Waals surface area contributed by atoms with E-state index >= 15 is 0 Å². The van der Waals surface area contributed by atoms with Crippen molar-refractivity contribution in [3.63, 3.8) is 0 Å². The van der Waals surface area contributed by atoms with Crippen LogP contribution < -0.4 is 10.9 Å². The molecule has 0 radical (unpaired) electrons. The van der Waals surface area contributed by atoms with Gasteiger partial charge in [-0.05, 0) is 37.3 Å². The van der Waals surface area contributed by atoms with Crippen molar-refractivity contribution in [3.05, 3.63) is 81.5 Å². The Morgan fingerprint density at radius 2 is 1.71 bits per heavy atom. The van der Waals surface area contributed by atoms with Gasteiger partial charge in [0.1, 0.15) is 11.5 Å². The van der Waals surface area contributed by atoms with E-state index in [1.165, 1.54) is 9.36 Å². The van der Waals surface area contributed by atoms with Crippen LogP contribution in [0, 0.1) is 12.7 Å². The van der Waals surface area contributed by atoms with Crippen LogP contribution in [-0.2, 0) is 13.2 Å². The highest BCUT2D eigenvalue weighted by Gasteiger charge is 2.36. The largest absolute Gasteiger partial charge is 0.417 e. The first kappa shape index (κ1) is 19.4. The molecule has 0 saturated carbocycles. The van der Waals surface area contributed by atoms with Gasteiger partial charge in [0, 0.05) is 7.05 Å². The van der Waals surface area contributed by atoms with Crippen LogP contribution in [0.4, 0.5) is 23.2 Å². The van der Waals surface area contributed by atoms with Crippen LogP contribution in [0.1, 0.15) is 21.6 Å². The number of para-hydroxylation sites is 1. The van der Waals surface area contributed by atoms with E-state index in [9.17, 15) is 27.2 Å². The number of rotatable bonds is 3. The third-order valence-electron chi connectivity index (χ3n) is 4.32. The number of benzene rings is 2. The van der Waals surface area contributed by atoms with Crippen molar-refractivity contribution in [2.24, 2.45) is 7.05 Å². The molecule has 0 bridgehead atoms. The molecule has 1 amide bonds. The molecule has 3 aromatic rings. The molecule has 0 aliphatic carbocycles. The van der Waals surface area contributed by atoms with Crippen molar-refractivity contribution in [1.82, 2.24) is 9.36 Å². The van der Waals surface area contributed by atoms with Gasteiger partial charge in [-0.25, -0.2) is 9.07 Å². The number of hydrogen-bond acceptors (Lipinski definition) is 2. The Hall–Kier alpha value is -3.36. The maximum absolute atomic E-state index is 13.3. The molecule has 1 aromatic heterocycles. The summed E-state index contributed by atoms with van der Waals surface area (Å²) in [5.41, 5.74) is -2.08. The molecule has 1 N–H and O–H groups in total. The van der Waals surface area contributed by atoms with Gasteiger partial charge in [-0.15, -0.1) is 0 Å². The molecular weight excluding hydrogens is 378 g/mol. The van der Waals surface area contributed by atoms with Crippen molar-refractivity contribution in [3.8, 4) is 5.69 Å². The second-order valence-corrected chi connectivity index (χ2v) is 6.08. The quantitative estimate of drug-likeness (QED) is 0.687. The van der Waals surface area contributed by atoms with E-state index in [1.54, 1.807) is 44.3 Å². The number of nitrogens with zero attached hydrogens (tertiary/aromatic N) is 2. The molecule has 28 heavy (non-hydrogen) atoms. The predicted octanol–water partition coefficient (Wildman–Crippen LogP) is 3.89. The lowest BCUT2D eigenvalue weighted by Crippen LogP contribution is -2.24. The molecule has 9 heteroatoms. The van der Waals surface area contributed by atoms with Gasteiger partial charge in [-0.1, -0.05) is 18.2 Å². The lowest BCUT2D eigenvalue weighted by Gasteiger charge is -2.12.